The SMILES string of the molecule is CC(C)OC(=O)CCCN=C(N)N1CCN(c2ccc(F)cc2)CC1. The van der Waals surface area contributed by atoms with Gasteiger partial charge in [-0.2, -0.15) is 0 Å². The minimum atomic E-state index is -0.226. The minimum absolute atomic E-state index is 0.0847. The quantitative estimate of drug-likeness (QED) is 0.368. The molecule has 138 valence electrons. The zero-order valence-corrected chi connectivity index (χ0v) is 14.9. The Bertz CT molecular complexity index is 581. The Hall–Kier alpha value is -2.31. The van der Waals surface area contributed by atoms with E-state index in [0.29, 0.717) is 25.3 Å². The number of halogens is 1. The monoisotopic (exact) mass is 350 g/mol. The van der Waals surface area contributed by atoms with Crippen LogP contribution in [0.4, 0.5) is 10.1 Å². The Kier molecular flexibility index (Phi) is 7.03. The second-order valence-corrected chi connectivity index (χ2v) is 6.33. The van der Waals surface area contributed by atoms with Crippen LogP contribution in [0.5, 0.6) is 0 Å². The Balaban J connectivity index is 1.72. The number of carbonyl (C=O) groups is 1. The first kappa shape index (κ1) is 19.0. The van der Waals surface area contributed by atoms with Gasteiger partial charge in [-0.1, -0.05) is 0 Å². The maximum absolute atomic E-state index is 13.0. The summed E-state index contributed by atoms with van der Waals surface area (Å²) < 4.78 is 18.1. The standard InChI is InChI=1S/C18H27FN4O2/c1-14(2)25-17(24)4-3-9-21-18(20)23-12-10-22(11-13-23)16-7-5-15(19)6-8-16/h5-8,14H,3-4,9-13H2,1-2H3,(H2,20,21). The topological polar surface area (TPSA) is 71.2 Å². The molecule has 1 heterocycles. The van der Waals surface area contributed by atoms with Crippen LogP contribution in [-0.2, 0) is 9.53 Å². The first-order chi connectivity index (χ1) is 12.0. The molecule has 0 atom stereocenters. The highest BCUT2D eigenvalue weighted by molar-refractivity contribution is 5.78. The van der Waals surface area contributed by atoms with Crippen molar-refractivity contribution in [2.75, 3.05) is 37.6 Å². The molecule has 0 bridgehead atoms. The van der Waals surface area contributed by atoms with Crippen molar-refractivity contribution in [1.29, 1.82) is 0 Å². The Labute approximate surface area is 148 Å². The lowest BCUT2D eigenvalue weighted by molar-refractivity contribution is -0.147. The maximum atomic E-state index is 13.0. The number of esters is 1. The van der Waals surface area contributed by atoms with Gasteiger partial charge in [0, 0.05) is 44.8 Å². The third-order valence-corrected chi connectivity index (χ3v) is 3.98. The van der Waals surface area contributed by atoms with Crippen LogP contribution in [0.3, 0.4) is 0 Å². The van der Waals surface area contributed by atoms with Crippen molar-refractivity contribution >= 4 is 17.6 Å². The largest absolute Gasteiger partial charge is 0.463 e. The molecule has 7 heteroatoms. The van der Waals surface area contributed by atoms with Gasteiger partial charge < -0.3 is 20.3 Å². The molecule has 0 aromatic heterocycles. The smallest absolute Gasteiger partial charge is 0.306 e. The number of ether oxygens (including phenoxy) is 1. The van der Waals surface area contributed by atoms with Gasteiger partial charge >= 0.3 is 5.97 Å². The molecule has 0 radical (unpaired) electrons. The van der Waals surface area contributed by atoms with Crippen LogP contribution in [0.2, 0.25) is 0 Å². The highest BCUT2D eigenvalue weighted by atomic mass is 19.1. The van der Waals surface area contributed by atoms with E-state index in [4.69, 9.17) is 10.5 Å². The summed E-state index contributed by atoms with van der Waals surface area (Å²) in [7, 11) is 0. The fraction of sp³-hybridized carbons (Fsp3) is 0.556. The molecule has 0 unspecified atom stereocenters. The number of hydrogen-bond acceptors (Lipinski definition) is 4. The highest BCUT2D eigenvalue weighted by Gasteiger charge is 2.18. The third-order valence-electron chi connectivity index (χ3n) is 3.98. The van der Waals surface area contributed by atoms with Crippen LogP contribution in [0.15, 0.2) is 29.3 Å². The number of piperazine rings is 1. The molecule has 1 saturated heterocycles. The van der Waals surface area contributed by atoms with Gasteiger partial charge in [0.15, 0.2) is 5.96 Å². The van der Waals surface area contributed by atoms with Gasteiger partial charge in [-0.25, -0.2) is 4.39 Å². The summed E-state index contributed by atoms with van der Waals surface area (Å²) in [5.74, 6) is 0.0868. The van der Waals surface area contributed by atoms with Crippen LogP contribution in [0, 0.1) is 5.82 Å². The summed E-state index contributed by atoms with van der Waals surface area (Å²) in [6.07, 6.45) is 0.897. The van der Waals surface area contributed by atoms with Gasteiger partial charge in [-0.05, 0) is 44.5 Å². The number of carbonyl (C=O) groups excluding carboxylic acids is 1. The van der Waals surface area contributed by atoms with E-state index in [1.165, 1.54) is 12.1 Å². The van der Waals surface area contributed by atoms with Gasteiger partial charge in [0.1, 0.15) is 5.82 Å². The molecule has 1 fully saturated rings. The summed E-state index contributed by atoms with van der Waals surface area (Å²) in [5.41, 5.74) is 7.06. The van der Waals surface area contributed by atoms with Crippen molar-refractivity contribution in [3.63, 3.8) is 0 Å². The second-order valence-electron chi connectivity index (χ2n) is 6.33. The van der Waals surface area contributed by atoms with Gasteiger partial charge in [0.05, 0.1) is 6.10 Å². The number of aliphatic imine (C=N–C) groups is 1. The van der Waals surface area contributed by atoms with Crippen molar-refractivity contribution in [2.24, 2.45) is 10.7 Å². The molecule has 0 amide bonds. The molecule has 1 aromatic rings. The molecule has 25 heavy (non-hydrogen) atoms. The summed E-state index contributed by atoms with van der Waals surface area (Å²) in [4.78, 5) is 20.0. The average Bonchev–Trinajstić information content (AvgIpc) is 2.59. The van der Waals surface area contributed by atoms with E-state index in [1.54, 1.807) is 12.1 Å². The highest BCUT2D eigenvalue weighted by Crippen LogP contribution is 2.16. The van der Waals surface area contributed by atoms with Crippen molar-refractivity contribution in [3.8, 4) is 0 Å². The van der Waals surface area contributed by atoms with Gasteiger partial charge in [-0.3, -0.25) is 9.79 Å². The Morgan fingerprint density at radius 1 is 1.24 bits per heavy atom. The molecule has 2 rings (SSSR count). The van der Waals surface area contributed by atoms with Crippen LogP contribution in [-0.4, -0.2) is 55.7 Å². The fourth-order valence-electron chi connectivity index (χ4n) is 2.68. The number of nitrogens with two attached hydrogens (primary N) is 1. The molecular formula is C18H27FN4O2. The molecular weight excluding hydrogens is 323 g/mol. The molecule has 6 nitrogen and oxygen atoms in total. The molecule has 0 aliphatic carbocycles. The van der Waals surface area contributed by atoms with E-state index in [0.717, 1.165) is 31.9 Å². The zero-order chi connectivity index (χ0) is 18.2. The van der Waals surface area contributed by atoms with Gasteiger partial charge in [-0.15, -0.1) is 0 Å². The van der Waals surface area contributed by atoms with E-state index < -0.39 is 0 Å². The molecule has 2 N–H and O–H groups in total. The minimum Gasteiger partial charge on any atom is -0.463 e. The lowest BCUT2D eigenvalue weighted by Gasteiger charge is -2.36. The Morgan fingerprint density at radius 2 is 1.88 bits per heavy atom. The van der Waals surface area contributed by atoms with E-state index >= 15 is 0 Å². The van der Waals surface area contributed by atoms with Crippen molar-refractivity contribution in [3.05, 3.63) is 30.1 Å². The zero-order valence-electron chi connectivity index (χ0n) is 14.9. The van der Waals surface area contributed by atoms with Crippen molar-refractivity contribution < 1.29 is 13.9 Å². The molecule has 0 spiro atoms. The van der Waals surface area contributed by atoms with Gasteiger partial charge in [0.2, 0.25) is 0 Å². The molecule has 1 aliphatic rings. The summed E-state index contributed by atoms with van der Waals surface area (Å²) >= 11 is 0. The number of nitrogens with zero attached hydrogens (tertiary/aromatic N) is 3. The average molecular weight is 350 g/mol. The normalized spacial score (nSPS) is 15.6. The van der Waals surface area contributed by atoms with E-state index in [9.17, 15) is 9.18 Å². The number of hydrogen-bond donors (Lipinski definition) is 1. The maximum Gasteiger partial charge on any atom is 0.306 e. The van der Waals surface area contributed by atoms with E-state index in [-0.39, 0.29) is 17.9 Å². The van der Waals surface area contributed by atoms with Gasteiger partial charge in [0.25, 0.3) is 0 Å². The first-order valence-electron chi connectivity index (χ1n) is 8.70. The predicted octanol–water partition coefficient (Wildman–Crippen LogP) is 1.99. The second kappa shape index (κ2) is 9.25. The lowest BCUT2D eigenvalue weighted by Crippen LogP contribution is -2.51. The number of rotatable bonds is 6. The van der Waals surface area contributed by atoms with Crippen LogP contribution in [0.1, 0.15) is 26.7 Å². The first-order valence-corrected chi connectivity index (χ1v) is 8.70. The van der Waals surface area contributed by atoms with E-state index in [1.807, 2.05) is 18.7 Å². The van der Waals surface area contributed by atoms with Crippen LogP contribution >= 0.6 is 0 Å². The van der Waals surface area contributed by atoms with Crippen molar-refractivity contribution in [2.45, 2.75) is 32.8 Å². The summed E-state index contributed by atoms with van der Waals surface area (Å²) in [6, 6.07) is 6.53. The number of benzene rings is 1. The third kappa shape index (κ3) is 6.25. The van der Waals surface area contributed by atoms with Crippen molar-refractivity contribution in [1.82, 2.24) is 4.90 Å². The van der Waals surface area contributed by atoms with E-state index in [2.05, 4.69) is 9.89 Å². The summed E-state index contributed by atoms with van der Waals surface area (Å²) in [5, 5.41) is 0. The van der Waals surface area contributed by atoms with Crippen LogP contribution in [0.25, 0.3) is 0 Å². The molecule has 0 saturated carbocycles. The van der Waals surface area contributed by atoms with Crippen LogP contribution < -0.4 is 10.6 Å². The number of guanidine groups is 1. The Morgan fingerprint density at radius 3 is 2.48 bits per heavy atom. The molecule has 1 aliphatic heterocycles. The lowest BCUT2D eigenvalue weighted by atomic mass is 10.2. The number of anilines is 1. The summed E-state index contributed by atoms with van der Waals surface area (Å²) in [6.45, 7) is 7.33. The molecule has 1 aromatic carbocycles. The fourth-order valence-corrected chi connectivity index (χ4v) is 2.68. The predicted molar refractivity (Wildman–Crippen MR) is 97.1 cm³/mol.